The van der Waals surface area contributed by atoms with Crippen LogP contribution in [0.5, 0.6) is 11.5 Å². The molecule has 0 bridgehead atoms. The van der Waals surface area contributed by atoms with Crippen LogP contribution in [0.1, 0.15) is 5.56 Å². The van der Waals surface area contributed by atoms with Gasteiger partial charge in [-0.05, 0) is 36.4 Å². The van der Waals surface area contributed by atoms with E-state index in [1.54, 1.807) is 13.2 Å². The van der Waals surface area contributed by atoms with E-state index in [9.17, 15) is 4.39 Å². The first-order chi connectivity index (χ1) is 10.2. The monoisotopic (exact) mass is 351 g/mol. The Hall–Kier alpha value is -1.75. The number of ether oxygens (including phenoxy) is 2. The lowest BCUT2D eigenvalue weighted by molar-refractivity contribution is 0.246. The minimum absolute atomic E-state index is 0.00881. The van der Waals surface area contributed by atoms with E-state index in [0.29, 0.717) is 13.0 Å². The maximum Gasteiger partial charge on any atom is 0.142 e. The van der Waals surface area contributed by atoms with Crippen molar-refractivity contribution in [3.8, 4) is 11.5 Å². The van der Waals surface area contributed by atoms with Gasteiger partial charge in [0.25, 0.3) is 0 Å². The van der Waals surface area contributed by atoms with Crippen molar-refractivity contribution in [1.29, 1.82) is 0 Å². The van der Waals surface area contributed by atoms with Crippen LogP contribution in [0, 0.1) is 5.82 Å². The van der Waals surface area contributed by atoms with E-state index in [0.717, 1.165) is 27.2 Å². The topological polar surface area (TPSA) is 30.5 Å². The zero-order valence-corrected chi connectivity index (χ0v) is 13.1. The van der Waals surface area contributed by atoms with Crippen molar-refractivity contribution in [3.63, 3.8) is 0 Å². The summed E-state index contributed by atoms with van der Waals surface area (Å²) in [5.74, 6) is 1.32. The average molecular weight is 352 g/mol. The first-order valence-electron chi connectivity index (χ1n) is 6.68. The SMILES string of the molecule is COc1ccc(Br)cc1NCC1Cc2cc(F)ccc2O1. The van der Waals surface area contributed by atoms with E-state index in [1.165, 1.54) is 12.1 Å². The normalized spacial score (nSPS) is 16.2. The molecule has 0 aromatic heterocycles. The lowest BCUT2D eigenvalue weighted by Crippen LogP contribution is -2.24. The van der Waals surface area contributed by atoms with Crippen molar-refractivity contribution in [1.82, 2.24) is 0 Å². The Morgan fingerprint density at radius 3 is 3.00 bits per heavy atom. The Balaban J connectivity index is 1.66. The quantitative estimate of drug-likeness (QED) is 0.902. The summed E-state index contributed by atoms with van der Waals surface area (Å²) < 4.78 is 25.3. The van der Waals surface area contributed by atoms with Crippen LogP contribution in [0.15, 0.2) is 40.9 Å². The fourth-order valence-corrected chi connectivity index (χ4v) is 2.81. The summed E-state index contributed by atoms with van der Waals surface area (Å²) in [7, 11) is 1.64. The summed E-state index contributed by atoms with van der Waals surface area (Å²) >= 11 is 3.44. The van der Waals surface area contributed by atoms with Gasteiger partial charge in [0.15, 0.2) is 0 Å². The molecule has 1 atom stereocenters. The fourth-order valence-electron chi connectivity index (χ4n) is 2.44. The molecule has 3 rings (SSSR count). The number of hydrogen-bond donors (Lipinski definition) is 1. The average Bonchev–Trinajstić information content (AvgIpc) is 2.87. The molecule has 21 heavy (non-hydrogen) atoms. The Morgan fingerprint density at radius 1 is 1.33 bits per heavy atom. The van der Waals surface area contributed by atoms with Crippen LogP contribution in [0.3, 0.4) is 0 Å². The third kappa shape index (κ3) is 3.13. The Bertz CT molecular complexity index is 663. The highest BCUT2D eigenvalue weighted by Crippen LogP contribution is 2.31. The van der Waals surface area contributed by atoms with Gasteiger partial charge in [0.05, 0.1) is 19.3 Å². The number of halogens is 2. The molecular formula is C16H15BrFNO2. The first-order valence-corrected chi connectivity index (χ1v) is 7.47. The van der Waals surface area contributed by atoms with E-state index in [1.807, 2.05) is 18.2 Å². The van der Waals surface area contributed by atoms with Gasteiger partial charge in [-0.1, -0.05) is 15.9 Å². The fraction of sp³-hybridized carbons (Fsp3) is 0.250. The van der Waals surface area contributed by atoms with Crippen LogP contribution in [0.2, 0.25) is 0 Å². The highest BCUT2D eigenvalue weighted by Gasteiger charge is 2.23. The van der Waals surface area contributed by atoms with Crippen LogP contribution in [-0.2, 0) is 6.42 Å². The summed E-state index contributed by atoms with van der Waals surface area (Å²) in [6.07, 6.45) is 0.696. The number of fused-ring (bicyclic) bond motifs is 1. The second kappa shape index (κ2) is 5.93. The number of benzene rings is 2. The molecule has 110 valence electrons. The zero-order valence-electron chi connectivity index (χ0n) is 11.5. The minimum atomic E-state index is -0.223. The lowest BCUT2D eigenvalue weighted by atomic mass is 10.1. The largest absolute Gasteiger partial charge is 0.495 e. The molecule has 2 aromatic carbocycles. The van der Waals surface area contributed by atoms with Crippen molar-refractivity contribution in [2.45, 2.75) is 12.5 Å². The molecule has 1 heterocycles. The number of rotatable bonds is 4. The van der Waals surface area contributed by atoms with Crippen LogP contribution < -0.4 is 14.8 Å². The molecule has 2 aromatic rings. The molecule has 0 spiro atoms. The summed E-state index contributed by atoms with van der Waals surface area (Å²) in [4.78, 5) is 0. The highest BCUT2D eigenvalue weighted by molar-refractivity contribution is 9.10. The van der Waals surface area contributed by atoms with Crippen molar-refractivity contribution in [3.05, 3.63) is 52.3 Å². The highest BCUT2D eigenvalue weighted by atomic mass is 79.9. The molecule has 0 radical (unpaired) electrons. The molecule has 3 nitrogen and oxygen atoms in total. The number of anilines is 1. The molecule has 5 heteroatoms. The van der Waals surface area contributed by atoms with E-state index >= 15 is 0 Å². The van der Waals surface area contributed by atoms with Gasteiger partial charge in [-0.25, -0.2) is 4.39 Å². The third-order valence-electron chi connectivity index (χ3n) is 3.45. The smallest absolute Gasteiger partial charge is 0.142 e. The van der Waals surface area contributed by atoms with Gasteiger partial charge < -0.3 is 14.8 Å². The van der Waals surface area contributed by atoms with Crippen molar-refractivity contribution in [2.24, 2.45) is 0 Å². The van der Waals surface area contributed by atoms with Crippen LogP contribution in [0.25, 0.3) is 0 Å². The Kier molecular flexibility index (Phi) is 4.01. The molecule has 1 N–H and O–H groups in total. The molecule has 0 aliphatic carbocycles. The maximum atomic E-state index is 13.2. The summed E-state index contributed by atoms with van der Waals surface area (Å²) in [5, 5.41) is 3.32. The summed E-state index contributed by atoms with van der Waals surface area (Å²) in [6.45, 7) is 0.628. The van der Waals surface area contributed by atoms with Crippen LogP contribution >= 0.6 is 15.9 Å². The van der Waals surface area contributed by atoms with Crippen LogP contribution in [0.4, 0.5) is 10.1 Å². The van der Waals surface area contributed by atoms with Crippen LogP contribution in [-0.4, -0.2) is 19.8 Å². The molecule has 0 saturated carbocycles. The Morgan fingerprint density at radius 2 is 2.19 bits per heavy atom. The molecule has 0 amide bonds. The van der Waals surface area contributed by atoms with Gasteiger partial charge in [0, 0.05) is 16.5 Å². The van der Waals surface area contributed by atoms with Gasteiger partial charge in [0.2, 0.25) is 0 Å². The first kappa shape index (κ1) is 14.2. The second-order valence-electron chi connectivity index (χ2n) is 4.92. The summed E-state index contributed by atoms with van der Waals surface area (Å²) in [6, 6.07) is 10.4. The molecule has 1 unspecified atom stereocenters. The molecular weight excluding hydrogens is 337 g/mol. The second-order valence-corrected chi connectivity index (χ2v) is 5.84. The molecule has 1 aliphatic rings. The molecule has 1 aliphatic heterocycles. The zero-order chi connectivity index (χ0) is 14.8. The molecule has 0 fully saturated rings. The summed E-state index contributed by atoms with van der Waals surface area (Å²) in [5.41, 5.74) is 1.82. The van der Waals surface area contributed by atoms with Gasteiger partial charge in [-0.15, -0.1) is 0 Å². The van der Waals surface area contributed by atoms with Gasteiger partial charge in [0.1, 0.15) is 23.4 Å². The van der Waals surface area contributed by atoms with Crippen molar-refractivity contribution >= 4 is 21.6 Å². The maximum absolute atomic E-state index is 13.2. The molecule has 0 saturated heterocycles. The van der Waals surface area contributed by atoms with E-state index in [-0.39, 0.29) is 11.9 Å². The minimum Gasteiger partial charge on any atom is -0.495 e. The van der Waals surface area contributed by atoms with E-state index < -0.39 is 0 Å². The predicted octanol–water partition coefficient (Wildman–Crippen LogP) is 4.01. The number of nitrogens with one attached hydrogen (secondary N) is 1. The number of hydrogen-bond acceptors (Lipinski definition) is 3. The Labute approximate surface area is 131 Å². The van der Waals surface area contributed by atoms with E-state index in [4.69, 9.17) is 9.47 Å². The standard InChI is InChI=1S/C16H15BrFNO2/c1-20-16-4-2-11(17)8-14(16)19-9-13-7-10-6-12(18)3-5-15(10)21-13/h2-6,8,13,19H,7,9H2,1H3. The van der Waals surface area contributed by atoms with Crippen molar-refractivity contribution < 1.29 is 13.9 Å². The number of methoxy groups -OCH3 is 1. The van der Waals surface area contributed by atoms with Gasteiger partial charge >= 0.3 is 0 Å². The van der Waals surface area contributed by atoms with Crippen molar-refractivity contribution in [2.75, 3.05) is 19.0 Å². The predicted molar refractivity (Wildman–Crippen MR) is 83.7 cm³/mol. The lowest BCUT2D eigenvalue weighted by Gasteiger charge is -2.15. The van der Waals surface area contributed by atoms with E-state index in [2.05, 4.69) is 21.2 Å². The third-order valence-corrected chi connectivity index (χ3v) is 3.94. The van der Waals surface area contributed by atoms with Gasteiger partial charge in [-0.3, -0.25) is 0 Å². The van der Waals surface area contributed by atoms with Gasteiger partial charge in [-0.2, -0.15) is 0 Å².